The minimum atomic E-state index is 0.340. The Morgan fingerprint density at radius 3 is 1.89 bits per heavy atom. The maximum absolute atomic E-state index is 3.78. The molecule has 1 rings (SSSR count). The van der Waals surface area contributed by atoms with Gasteiger partial charge in [-0.3, -0.25) is 0 Å². The molecule has 0 saturated carbocycles. The van der Waals surface area contributed by atoms with Gasteiger partial charge in [-0.2, -0.15) is 0 Å². The summed E-state index contributed by atoms with van der Waals surface area (Å²) in [6, 6.07) is 4.97. The molecular formula is C5H6N4. The highest BCUT2D eigenvalue weighted by atomic mass is 15.0. The monoisotopic (exact) mass is 122 g/mol. The number of rotatable bonds is 0. The van der Waals surface area contributed by atoms with E-state index in [2.05, 4.69) is 32.0 Å². The van der Waals surface area contributed by atoms with Crippen molar-refractivity contribution in [1.29, 1.82) is 0 Å². The highest BCUT2D eigenvalue weighted by Gasteiger charge is 1.76. The largest absolute Gasteiger partial charge is 0.224 e. The summed E-state index contributed by atoms with van der Waals surface area (Å²) in [5, 5.41) is 0. The van der Waals surface area contributed by atoms with Gasteiger partial charge in [0, 0.05) is 0 Å². The Balaban J connectivity index is 2.61. The summed E-state index contributed by atoms with van der Waals surface area (Å²) in [6.45, 7) is 1.60. The molecule has 0 N–H and O–H groups in total. The Kier molecular flexibility index (Phi) is 2.44. The van der Waals surface area contributed by atoms with Crippen LogP contribution in [0.25, 0.3) is 0 Å². The molecule has 4 heteroatoms. The van der Waals surface area contributed by atoms with E-state index in [1.807, 2.05) is 0 Å². The molecule has 1 aliphatic rings. The molecular weight excluding hydrogens is 116 g/mol. The van der Waals surface area contributed by atoms with Crippen LogP contribution in [-0.2, 0) is 0 Å². The van der Waals surface area contributed by atoms with Crippen LogP contribution in [0.15, 0.2) is 20.0 Å². The van der Waals surface area contributed by atoms with Gasteiger partial charge in [0.25, 0.3) is 0 Å². The molecule has 0 aliphatic carbocycles. The van der Waals surface area contributed by atoms with E-state index in [4.69, 9.17) is 0 Å². The van der Waals surface area contributed by atoms with Gasteiger partial charge in [-0.1, -0.05) is 0 Å². The zero-order valence-corrected chi connectivity index (χ0v) is 4.91. The van der Waals surface area contributed by atoms with Crippen LogP contribution in [0, 0.1) is 0 Å². The first-order valence-corrected chi connectivity index (χ1v) is 2.66. The summed E-state index contributed by atoms with van der Waals surface area (Å²) >= 11 is 0. The molecule has 0 aromatic heterocycles. The molecule has 4 nitrogen and oxygen atoms in total. The summed E-state index contributed by atoms with van der Waals surface area (Å²) in [5.74, 6) is 0. The smallest absolute Gasteiger partial charge is 0.151 e. The van der Waals surface area contributed by atoms with Crippen molar-refractivity contribution in [2.24, 2.45) is 20.0 Å². The predicted octanol–water partition coefficient (Wildman–Crippen LogP) is 0.305. The van der Waals surface area contributed by atoms with Crippen molar-refractivity contribution in [3.8, 4) is 0 Å². The minimum Gasteiger partial charge on any atom is -0.224 e. The average molecular weight is 122 g/mol. The first kappa shape index (κ1) is 5.89. The molecule has 1 heterocycles. The molecule has 46 valence electrons. The van der Waals surface area contributed by atoms with Crippen molar-refractivity contribution in [3.05, 3.63) is 0 Å². The number of aliphatic imine (C=N–C) groups is 4. The fourth-order valence-corrected chi connectivity index (χ4v) is 0.399. The Morgan fingerprint density at radius 1 is 0.778 bits per heavy atom. The van der Waals surface area contributed by atoms with E-state index in [1.165, 1.54) is 0 Å². The normalized spacial score (nSPS) is 16.9. The van der Waals surface area contributed by atoms with Crippen LogP contribution in [0.5, 0.6) is 0 Å². The fourth-order valence-electron chi connectivity index (χ4n) is 0.399. The van der Waals surface area contributed by atoms with Crippen molar-refractivity contribution >= 4 is 12.0 Å². The average Bonchev–Trinajstić information content (AvgIpc) is 2.00. The van der Waals surface area contributed by atoms with Crippen LogP contribution >= 0.6 is 0 Å². The zero-order valence-electron chi connectivity index (χ0n) is 4.91. The van der Waals surface area contributed by atoms with E-state index in [9.17, 15) is 0 Å². The van der Waals surface area contributed by atoms with Gasteiger partial charge < -0.3 is 0 Å². The first-order chi connectivity index (χ1) is 4.50. The van der Waals surface area contributed by atoms with Crippen LogP contribution in [0.2, 0.25) is 0 Å². The SMILES string of the molecule is C1=NCCN=C=NCN=1. The Hall–Kier alpha value is -1.24. The van der Waals surface area contributed by atoms with E-state index < -0.39 is 0 Å². The van der Waals surface area contributed by atoms with E-state index in [-0.39, 0.29) is 0 Å². The first-order valence-electron chi connectivity index (χ1n) is 2.66. The third-order valence-electron chi connectivity index (χ3n) is 0.748. The van der Waals surface area contributed by atoms with Gasteiger partial charge in [0.05, 0.1) is 25.1 Å². The topological polar surface area (TPSA) is 49.4 Å². The molecule has 1 aliphatic heterocycles. The summed E-state index contributed by atoms with van der Waals surface area (Å²) in [5.41, 5.74) is 0. The lowest BCUT2D eigenvalue weighted by molar-refractivity contribution is 0.988. The van der Waals surface area contributed by atoms with Crippen LogP contribution in [-0.4, -0.2) is 31.8 Å². The second-order valence-electron chi connectivity index (χ2n) is 1.42. The number of hydrogen-bond acceptors (Lipinski definition) is 4. The third kappa shape index (κ3) is 2.54. The van der Waals surface area contributed by atoms with Gasteiger partial charge in [-0.15, -0.1) is 0 Å². The van der Waals surface area contributed by atoms with Crippen molar-refractivity contribution in [2.45, 2.75) is 0 Å². The lowest BCUT2D eigenvalue weighted by Crippen LogP contribution is -1.82. The highest BCUT2D eigenvalue weighted by Crippen LogP contribution is 1.74. The van der Waals surface area contributed by atoms with Gasteiger partial charge in [0.15, 0.2) is 6.67 Å². The maximum atomic E-state index is 3.78. The quantitative estimate of drug-likeness (QED) is 0.444. The number of hydrogen-bond donors (Lipinski definition) is 0. The van der Waals surface area contributed by atoms with E-state index in [0.29, 0.717) is 19.8 Å². The van der Waals surface area contributed by atoms with Crippen LogP contribution in [0.4, 0.5) is 0 Å². The van der Waals surface area contributed by atoms with Crippen molar-refractivity contribution in [1.82, 2.24) is 0 Å². The Bertz CT molecular complexity index is 171. The highest BCUT2D eigenvalue weighted by molar-refractivity contribution is 5.44. The van der Waals surface area contributed by atoms with Crippen LogP contribution < -0.4 is 0 Å². The van der Waals surface area contributed by atoms with Crippen molar-refractivity contribution in [2.75, 3.05) is 19.8 Å². The summed E-state index contributed by atoms with van der Waals surface area (Å²) in [6.07, 6.45) is 0. The standard InChI is InChI=1S/C5H6N4/c1-2-7-4-9-5-8-3-6-1/h1-2,5H2. The molecule has 0 fully saturated rings. The van der Waals surface area contributed by atoms with Crippen LogP contribution in [0.1, 0.15) is 0 Å². The van der Waals surface area contributed by atoms with Gasteiger partial charge in [0.2, 0.25) is 0 Å². The molecule has 0 saturated heterocycles. The van der Waals surface area contributed by atoms with E-state index in [1.54, 1.807) is 0 Å². The van der Waals surface area contributed by atoms with E-state index >= 15 is 0 Å². The Labute approximate surface area is 52.8 Å². The van der Waals surface area contributed by atoms with Crippen molar-refractivity contribution < 1.29 is 0 Å². The van der Waals surface area contributed by atoms with Gasteiger partial charge in [-0.25, -0.2) is 20.0 Å². The lowest BCUT2D eigenvalue weighted by atomic mass is 10.7. The van der Waals surface area contributed by atoms with Crippen molar-refractivity contribution in [3.63, 3.8) is 0 Å². The van der Waals surface area contributed by atoms with Gasteiger partial charge in [0.1, 0.15) is 0 Å². The number of nitrogens with zero attached hydrogens (tertiary/aromatic N) is 4. The molecule has 0 atom stereocenters. The zero-order chi connectivity index (χ0) is 6.36. The molecule has 0 aromatic carbocycles. The van der Waals surface area contributed by atoms with Gasteiger partial charge >= 0.3 is 0 Å². The van der Waals surface area contributed by atoms with Crippen LogP contribution in [0.3, 0.4) is 0 Å². The predicted molar refractivity (Wildman–Crippen MR) is 34.3 cm³/mol. The fraction of sp³-hybridized carbons (Fsp3) is 0.600. The maximum Gasteiger partial charge on any atom is 0.151 e. The molecule has 9 heavy (non-hydrogen) atoms. The Morgan fingerprint density at radius 2 is 1.33 bits per heavy atom. The second-order valence-corrected chi connectivity index (χ2v) is 1.42. The summed E-state index contributed by atoms with van der Waals surface area (Å²) in [7, 11) is 0. The molecule has 0 radical (unpaired) electrons. The summed E-state index contributed by atoms with van der Waals surface area (Å²) < 4.78 is 0. The van der Waals surface area contributed by atoms with E-state index in [0.717, 1.165) is 0 Å². The third-order valence-corrected chi connectivity index (χ3v) is 0.748. The second kappa shape index (κ2) is 3.72. The summed E-state index contributed by atoms with van der Waals surface area (Å²) in [4.78, 5) is 14.9. The molecule has 0 spiro atoms. The molecule has 0 aromatic rings. The molecule has 0 bridgehead atoms. The minimum absolute atomic E-state index is 0.340. The molecule has 0 unspecified atom stereocenters. The molecule has 0 amide bonds. The van der Waals surface area contributed by atoms with Gasteiger partial charge in [-0.05, 0) is 0 Å². The lowest BCUT2D eigenvalue weighted by Gasteiger charge is -1.76.